The van der Waals surface area contributed by atoms with E-state index in [9.17, 15) is 9.90 Å². The van der Waals surface area contributed by atoms with Gasteiger partial charge < -0.3 is 15.2 Å². The molecule has 0 saturated heterocycles. The van der Waals surface area contributed by atoms with E-state index < -0.39 is 11.7 Å². The van der Waals surface area contributed by atoms with Crippen LogP contribution >= 0.6 is 23.2 Å². The summed E-state index contributed by atoms with van der Waals surface area (Å²) in [6, 6.07) is 3.15. The molecule has 0 spiro atoms. The second kappa shape index (κ2) is 5.93. The lowest BCUT2D eigenvalue weighted by Gasteiger charge is -2.19. The number of alkyl carbamates (subject to hydrolysis) is 1. The topological polar surface area (TPSA) is 58.6 Å². The maximum atomic E-state index is 11.6. The molecule has 1 aliphatic rings. The Labute approximate surface area is 134 Å². The van der Waals surface area contributed by atoms with Crippen LogP contribution in [-0.2, 0) is 4.74 Å². The Hall–Kier alpha value is -1.13. The van der Waals surface area contributed by atoms with Crippen molar-refractivity contribution in [2.45, 2.75) is 38.7 Å². The van der Waals surface area contributed by atoms with Crippen LogP contribution in [0.15, 0.2) is 12.1 Å². The van der Waals surface area contributed by atoms with Crippen molar-refractivity contribution in [1.82, 2.24) is 5.32 Å². The minimum absolute atomic E-state index is 0.147. The first kappa shape index (κ1) is 16.2. The fraction of sp³-hybridized carbons (Fsp3) is 0.533. The number of aromatic hydroxyl groups is 1. The van der Waals surface area contributed by atoms with Gasteiger partial charge >= 0.3 is 6.09 Å². The summed E-state index contributed by atoms with van der Waals surface area (Å²) in [5, 5.41) is 13.4. The summed E-state index contributed by atoms with van der Waals surface area (Å²) in [5.41, 5.74) is 0.273. The molecular formula is C15H19Cl2NO3. The predicted octanol–water partition coefficient (Wildman–Crippen LogP) is 4.33. The largest absolute Gasteiger partial charge is 0.508 e. The second-order valence-electron chi connectivity index (χ2n) is 6.31. The highest BCUT2D eigenvalue weighted by molar-refractivity contribution is 6.42. The fourth-order valence-corrected chi connectivity index (χ4v) is 2.56. The van der Waals surface area contributed by atoms with Gasteiger partial charge in [-0.2, -0.15) is 0 Å². The van der Waals surface area contributed by atoms with Gasteiger partial charge in [-0.3, -0.25) is 0 Å². The van der Waals surface area contributed by atoms with Gasteiger partial charge in [0.15, 0.2) is 0 Å². The molecule has 2 atom stereocenters. The van der Waals surface area contributed by atoms with E-state index >= 15 is 0 Å². The highest BCUT2D eigenvalue weighted by Gasteiger charge is 2.40. The highest BCUT2D eigenvalue weighted by Crippen LogP contribution is 2.51. The molecule has 6 heteroatoms. The number of benzene rings is 1. The minimum Gasteiger partial charge on any atom is -0.508 e. The first-order valence-corrected chi connectivity index (χ1v) is 7.57. The number of rotatable bonds is 3. The van der Waals surface area contributed by atoms with Gasteiger partial charge in [0.2, 0.25) is 0 Å². The van der Waals surface area contributed by atoms with Gasteiger partial charge in [0.1, 0.15) is 11.4 Å². The lowest BCUT2D eigenvalue weighted by molar-refractivity contribution is 0.0525. The second-order valence-corrected chi connectivity index (χ2v) is 7.12. The van der Waals surface area contributed by atoms with E-state index in [1.165, 1.54) is 6.07 Å². The van der Waals surface area contributed by atoms with Crippen molar-refractivity contribution >= 4 is 29.3 Å². The zero-order chi connectivity index (χ0) is 15.8. The van der Waals surface area contributed by atoms with Crippen LogP contribution in [0.2, 0.25) is 10.0 Å². The molecule has 21 heavy (non-hydrogen) atoms. The van der Waals surface area contributed by atoms with E-state index in [0.717, 1.165) is 12.0 Å². The molecule has 1 saturated carbocycles. The average molecular weight is 332 g/mol. The molecule has 1 aromatic rings. The number of hydrogen-bond donors (Lipinski definition) is 2. The van der Waals surface area contributed by atoms with E-state index in [2.05, 4.69) is 5.32 Å². The van der Waals surface area contributed by atoms with Crippen LogP contribution < -0.4 is 5.32 Å². The summed E-state index contributed by atoms with van der Waals surface area (Å²) in [6.07, 6.45) is 0.466. The molecule has 1 aromatic carbocycles. The van der Waals surface area contributed by atoms with Crippen molar-refractivity contribution in [3.8, 4) is 5.75 Å². The molecule has 1 aliphatic carbocycles. The van der Waals surface area contributed by atoms with E-state index in [4.69, 9.17) is 27.9 Å². The average Bonchev–Trinajstić information content (AvgIpc) is 3.08. The molecule has 4 nitrogen and oxygen atoms in total. The lowest BCUT2D eigenvalue weighted by Crippen LogP contribution is -2.33. The van der Waals surface area contributed by atoms with Crippen LogP contribution in [0.1, 0.15) is 38.7 Å². The van der Waals surface area contributed by atoms with Gasteiger partial charge in [-0.25, -0.2) is 4.79 Å². The third kappa shape index (κ3) is 4.42. The number of phenolic OH excluding ortho intramolecular Hbond substituents is 1. The molecule has 2 rings (SSSR count). The SMILES string of the molecule is CC(C)(C)OC(=O)NCC1C[C@@H]1c1cc(Cl)c(Cl)cc1O. The van der Waals surface area contributed by atoms with Crippen molar-refractivity contribution in [3.05, 3.63) is 27.7 Å². The van der Waals surface area contributed by atoms with Crippen LogP contribution in [0.25, 0.3) is 0 Å². The Morgan fingerprint density at radius 3 is 2.62 bits per heavy atom. The molecule has 1 amide bonds. The van der Waals surface area contributed by atoms with Gasteiger partial charge in [-0.05, 0) is 50.7 Å². The van der Waals surface area contributed by atoms with E-state index in [1.54, 1.807) is 6.07 Å². The third-order valence-electron chi connectivity index (χ3n) is 3.30. The van der Waals surface area contributed by atoms with Crippen LogP contribution in [0.3, 0.4) is 0 Å². The van der Waals surface area contributed by atoms with Gasteiger partial charge in [-0.1, -0.05) is 23.2 Å². The fourth-order valence-electron chi connectivity index (χ4n) is 2.23. The number of phenols is 1. The summed E-state index contributed by atoms with van der Waals surface area (Å²) < 4.78 is 5.18. The number of carbonyl (C=O) groups excluding carboxylic acids is 1. The monoisotopic (exact) mass is 331 g/mol. The Balaban J connectivity index is 1.88. The molecule has 0 heterocycles. The quantitative estimate of drug-likeness (QED) is 0.866. The molecule has 0 aliphatic heterocycles. The molecule has 0 bridgehead atoms. The Morgan fingerprint density at radius 1 is 1.38 bits per heavy atom. The molecule has 0 aromatic heterocycles. The Kier molecular flexibility index (Phi) is 4.59. The van der Waals surface area contributed by atoms with Crippen molar-refractivity contribution in [1.29, 1.82) is 0 Å². The normalized spacial score (nSPS) is 21.0. The summed E-state index contributed by atoms with van der Waals surface area (Å²) in [6.45, 7) is 5.97. The Bertz CT molecular complexity index is 555. The Morgan fingerprint density at radius 2 is 2.00 bits per heavy atom. The highest BCUT2D eigenvalue weighted by atomic mass is 35.5. The summed E-state index contributed by atoms with van der Waals surface area (Å²) >= 11 is 11.8. The zero-order valence-corrected chi connectivity index (χ0v) is 13.8. The van der Waals surface area contributed by atoms with E-state index in [-0.39, 0.29) is 17.6 Å². The number of amides is 1. The van der Waals surface area contributed by atoms with Crippen LogP contribution in [0, 0.1) is 5.92 Å². The molecule has 116 valence electrons. The van der Waals surface area contributed by atoms with E-state index in [1.807, 2.05) is 20.8 Å². The number of hydrogen-bond acceptors (Lipinski definition) is 3. The van der Waals surface area contributed by atoms with Crippen molar-refractivity contribution in [2.75, 3.05) is 6.54 Å². The van der Waals surface area contributed by atoms with Gasteiger partial charge in [-0.15, -0.1) is 0 Å². The number of carbonyl (C=O) groups is 1. The van der Waals surface area contributed by atoms with E-state index in [0.29, 0.717) is 16.6 Å². The molecular weight excluding hydrogens is 313 g/mol. The first-order valence-electron chi connectivity index (χ1n) is 6.82. The number of ether oxygens (including phenoxy) is 1. The van der Waals surface area contributed by atoms with Crippen LogP contribution in [0.5, 0.6) is 5.75 Å². The third-order valence-corrected chi connectivity index (χ3v) is 4.02. The van der Waals surface area contributed by atoms with Crippen LogP contribution in [0.4, 0.5) is 4.79 Å². The van der Waals surface area contributed by atoms with Gasteiger partial charge in [0.05, 0.1) is 10.0 Å². The summed E-state index contributed by atoms with van der Waals surface area (Å²) in [4.78, 5) is 11.6. The predicted molar refractivity (Wildman–Crippen MR) is 83.2 cm³/mol. The minimum atomic E-state index is -0.505. The van der Waals surface area contributed by atoms with Crippen molar-refractivity contribution in [3.63, 3.8) is 0 Å². The molecule has 1 fully saturated rings. The molecule has 1 unspecified atom stereocenters. The zero-order valence-electron chi connectivity index (χ0n) is 12.2. The van der Waals surface area contributed by atoms with Gasteiger partial charge in [0, 0.05) is 12.6 Å². The van der Waals surface area contributed by atoms with Crippen molar-refractivity contribution < 1.29 is 14.6 Å². The maximum absolute atomic E-state index is 11.6. The summed E-state index contributed by atoms with van der Waals surface area (Å²) in [7, 11) is 0. The first-order chi connectivity index (χ1) is 9.67. The maximum Gasteiger partial charge on any atom is 0.407 e. The molecule has 2 N–H and O–H groups in total. The number of halogens is 2. The standard InChI is InChI=1S/C15H19Cl2NO3/c1-15(2,3)21-14(20)18-7-8-4-9(8)10-5-11(16)12(17)6-13(10)19/h5-6,8-9,19H,4,7H2,1-3H3,(H,18,20)/t8?,9-/m0/s1. The lowest BCUT2D eigenvalue weighted by atomic mass is 10.1. The number of nitrogens with one attached hydrogen (secondary N) is 1. The van der Waals surface area contributed by atoms with Crippen molar-refractivity contribution in [2.24, 2.45) is 5.92 Å². The van der Waals surface area contributed by atoms with Crippen LogP contribution in [-0.4, -0.2) is 23.3 Å². The summed E-state index contributed by atoms with van der Waals surface area (Å²) in [5.74, 6) is 0.615. The van der Waals surface area contributed by atoms with Gasteiger partial charge in [0.25, 0.3) is 0 Å². The molecule has 0 radical (unpaired) electrons. The smallest absolute Gasteiger partial charge is 0.407 e.